The molecular formula is C29H27NO9. The summed E-state index contributed by atoms with van der Waals surface area (Å²) in [5.41, 5.74) is 0.596. The first-order valence-corrected chi connectivity index (χ1v) is 11.7. The topological polar surface area (TPSA) is 133 Å². The SMILES string of the molecule is C=CC(=O)OC(C)CN1C(=O)CCC1=O.C=CC(=O)Oc1ccc(C(=O)c2ccccc2)c(OC(=O)C=C)c1. The number of likely N-dealkylation sites (tertiary alicyclic amines) is 1. The predicted molar refractivity (Wildman–Crippen MR) is 140 cm³/mol. The van der Waals surface area contributed by atoms with E-state index in [1.165, 1.54) is 18.2 Å². The molecule has 0 aromatic heterocycles. The van der Waals surface area contributed by atoms with Gasteiger partial charge in [0, 0.05) is 42.7 Å². The van der Waals surface area contributed by atoms with Crippen molar-refractivity contribution in [1.29, 1.82) is 0 Å². The average Bonchev–Trinajstić information content (AvgIpc) is 3.25. The second-order valence-corrected chi connectivity index (χ2v) is 7.95. The number of carbonyl (C=O) groups excluding carboxylic acids is 6. The van der Waals surface area contributed by atoms with Gasteiger partial charge in [0.05, 0.1) is 12.1 Å². The Bertz CT molecular complexity index is 1280. The van der Waals surface area contributed by atoms with Crippen LogP contribution in [0.4, 0.5) is 0 Å². The molecule has 0 radical (unpaired) electrons. The molecule has 10 heteroatoms. The van der Waals surface area contributed by atoms with Crippen molar-refractivity contribution in [2.45, 2.75) is 25.9 Å². The maximum Gasteiger partial charge on any atom is 0.335 e. The molecule has 1 unspecified atom stereocenters. The highest BCUT2D eigenvalue weighted by molar-refractivity contribution is 6.11. The van der Waals surface area contributed by atoms with Gasteiger partial charge in [-0.1, -0.05) is 50.1 Å². The van der Waals surface area contributed by atoms with Gasteiger partial charge in [-0.2, -0.15) is 0 Å². The minimum atomic E-state index is -0.732. The number of hydrogen-bond donors (Lipinski definition) is 0. The maximum atomic E-state index is 12.6. The van der Waals surface area contributed by atoms with Gasteiger partial charge < -0.3 is 14.2 Å². The monoisotopic (exact) mass is 533 g/mol. The number of ether oxygens (including phenoxy) is 3. The van der Waals surface area contributed by atoms with Crippen LogP contribution < -0.4 is 9.47 Å². The summed E-state index contributed by atoms with van der Waals surface area (Å²) in [6, 6.07) is 12.7. The first-order chi connectivity index (χ1) is 18.6. The summed E-state index contributed by atoms with van der Waals surface area (Å²) in [4.78, 5) is 69.8. The van der Waals surface area contributed by atoms with Gasteiger partial charge in [-0.15, -0.1) is 0 Å². The van der Waals surface area contributed by atoms with E-state index in [9.17, 15) is 28.8 Å². The van der Waals surface area contributed by atoms with Crippen LogP contribution in [0, 0.1) is 0 Å². The van der Waals surface area contributed by atoms with Crippen molar-refractivity contribution in [2.75, 3.05) is 6.54 Å². The van der Waals surface area contributed by atoms with Crippen molar-refractivity contribution in [3.8, 4) is 11.5 Å². The van der Waals surface area contributed by atoms with Crippen LogP contribution in [-0.4, -0.2) is 53.1 Å². The second-order valence-electron chi connectivity index (χ2n) is 7.95. The molecule has 2 aromatic carbocycles. The molecule has 202 valence electrons. The van der Waals surface area contributed by atoms with Crippen LogP contribution in [0.1, 0.15) is 35.7 Å². The lowest BCUT2D eigenvalue weighted by atomic mass is 10.0. The van der Waals surface area contributed by atoms with Crippen molar-refractivity contribution >= 4 is 35.5 Å². The molecule has 0 aliphatic carbocycles. The number of carbonyl (C=O) groups is 6. The molecule has 0 spiro atoms. The summed E-state index contributed by atoms with van der Waals surface area (Å²) in [7, 11) is 0. The minimum Gasteiger partial charge on any atom is -0.458 e. The highest BCUT2D eigenvalue weighted by Crippen LogP contribution is 2.28. The fourth-order valence-corrected chi connectivity index (χ4v) is 3.26. The van der Waals surface area contributed by atoms with E-state index in [-0.39, 0.29) is 54.0 Å². The van der Waals surface area contributed by atoms with Crippen LogP contribution in [0.25, 0.3) is 0 Å². The van der Waals surface area contributed by atoms with Gasteiger partial charge in [0.1, 0.15) is 17.6 Å². The van der Waals surface area contributed by atoms with E-state index < -0.39 is 24.0 Å². The zero-order chi connectivity index (χ0) is 28.9. The van der Waals surface area contributed by atoms with E-state index in [2.05, 4.69) is 19.7 Å². The van der Waals surface area contributed by atoms with Crippen LogP contribution in [0.15, 0.2) is 86.5 Å². The predicted octanol–water partition coefficient (Wildman–Crippen LogP) is 3.35. The third-order valence-corrected chi connectivity index (χ3v) is 5.07. The Morgan fingerprint density at radius 2 is 1.41 bits per heavy atom. The Balaban J connectivity index is 0.000000306. The molecule has 2 aromatic rings. The van der Waals surface area contributed by atoms with Crippen molar-refractivity contribution in [2.24, 2.45) is 0 Å². The van der Waals surface area contributed by atoms with Gasteiger partial charge in [0.2, 0.25) is 11.8 Å². The Morgan fingerprint density at radius 1 is 0.846 bits per heavy atom. The number of imide groups is 1. The number of benzene rings is 2. The maximum absolute atomic E-state index is 12.6. The summed E-state index contributed by atoms with van der Waals surface area (Å²) < 4.78 is 14.9. The smallest absolute Gasteiger partial charge is 0.335 e. The third-order valence-electron chi connectivity index (χ3n) is 5.07. The Labute approximate surface area is 225 Å². The third kappa shape index (κ3) is 9.04. The molecule has 0 bridgehead atoms. The van der Waals surface area contributed by atoms with Crippen LogP contribution in [-0.2, 0) is 28.7 Å². The first kappa shape index (κ1) is 30.1. The molecule has 10 nitrogen and oxygen atoms in total. The van der Waals surface area contributed by atoms with Gasteiger partial charge in [-0.25, -0.2) is 14.4 Å². The van der Waals surface area contributed by atoms with Crippen molar-refractivity contribution in [1.82, 2.24) is 4.90 Å². The van der Waals surface area contributed by atoms with Crippen LogP contribution in [0.5, 0.6) is 11.5 Å². The van der Waals surface area contributed by atoms with E-state index in [1.54, 1.807) is 37.3 Å². The highest BCUT2D eigenvalue weighted by Gasteiger charge is 2.30. The molecule has 1 saturated heterocycles. The van der Waals surface area contributed by atoms with Gasteiger partial charge in [0.15, 0.2) is 5.78 Å². The van der Waals surface area contributed by atoms with Crippen LogP contribution >= 0.6 is 0 Å². The van der Waals surface area contributed by atoms with E-state index in [0.717, 1.165) is 23.1 Å². The molecule has 3 rings (SSSR count). The standard InChI is InChI=1S/C19H14O5.C10H13NO4/c1-3-17(20)23-14-10-11-15(16(12-14)24-18(21)4-2)19(22)13-8-6-5-7-9-13;1-3-10(14)15-7(2)6-11-8(12)4-5-9(11)13/h3-12H,1-2H2;3,7H,1,4-6H2,2H3. The highest BCUT2D eigenvalue weighted by atomic mass is 16.5. The molecule has 1 heterocycles. The zero-order valence-corrected chi connectivity index (χ0v) is 21.3. The zero-order valence-electron chi connectivity index (χ0n) is 21.3. The fraction of sp³-hybridized carbons (Fsp3) is 0.172. The molecule has 1 aliphatic rings. The Kier molecular flexibility index (Phi) is 11.3. The molecule has 1 atom stereocenters. The normalized spacial score (nSPS) is 12.8. The molecule has 1 aliphatic heterocycles. The van der Waals surface area contributed by atoms with Crippen LogP contribution in [0.2, 0.25) is 0 Å². The minimum absolute atomic E-state index is 0.0249. The lowest BCUT2D eigenvalue weighted by Crippen LogP contribution is -2.36. The largest absolute Gasteiger partial charge is 0.458 e. The summed E-state index contributed by atoms with van der Waals surface area (Å²) in [5.74, 6) is -2.60. The number of amides is 2. The van der Waals surface area contributed by atoms with E-state index >= 15 is 0 Å². The summed E-state index contributed by atoms with van der Waals surface area (Å²) >= 11 is 0. The van der Waals surface area contributed by atoms with Gasteiger partial charge >= 0.3 is 17.9 Å². The summed E-state index contributed by atoms with van der Waals surface area (Å²) in [6.07, 6.45) is 3.02. The average molecular weight is 534 g/mol. The molecular weight excluding hydrogens is 506 g/mol. The number of rotatable bonds is 10. The second kappa shape index (κ2) is 14.6. The Morgan fingerprint density at radius 3 is 1.97 bits per heavy atom. The molecule has 39 heavy (non-hydrogen) atoms. The molecule has 2 amide bonds. The fourth-order valence-electron chi connectivity index (χ4n) is 3.26. The van der Waals surface area contributed by atoms with Crippen molar-refractivity contribution in [3.63, 3.8) is 0 Å². The summed E-state index contributed by atoms with van der Waals surface area (Å²) in [6.45, 7) is 11.6. The van der Waals surface area contributed by atoms with Gasteiger partial charge in [-0.05, 0) is 19.1 Å². The molecule has 0 saturated carbocycles. The van der Waals surface area contributed by atoms with Gasteiger partial charge in [0.25, 0.3) is 0 Å². The molecule has 1 fully saturated rings. The quantitative estimate of drug-likeness (QED) is 0.148. The number of hydrogen-bond acceptors (Lipinski definition) is 9. The number of nitrogens with zero attached hydrogens (tertiary/aromatic N) is 1. The van der Waals surface area contributed by atoms with Crippen molar-refractivity contribution < 1.29 is 43.0 Å². The lowest BCUT2D eigenvalue weighted by molar-refractivity contribution is -0.148. The number of ketones is 1. The van der Waals surface area contributed by atoms with E-state index in [4.69, 9.17) is 14.2 Å². The van der Waals surface area contributed by atoms with E-state index in [1.807, 2.05) is 0 Å². The van der Waals surface area contributed by atoms with Crippen molar-refractivity contribution in [3.05, 3.63) is 97.6 Å². The summed E-state index contributed by atoms with van der Waals surface area (Å²) in [5, 5.41) is 0. The lowest BCUT2D eigenvalue weighted by Gasteiger charge is -2.18. The Hall–Kier alpha value is -5.12. The van der Waals surface area contributed by atoms with Crippen LogP contribution in [0.3, 0.4) is 0 Å². The van der Waals surface area contributed by atoms with Gasteiger partial charge in [-0.3, -0.25) is 19.3 Å². The van der Waals surface area contributed by atoms with E-state index in [0.29, 0.717) is 5.56 Å². The molecule has 0 N–H and O–H groups in total. The first-order valence-electron chi connectivity index (χ1n) is 11.7. The number of esters is 3.